The van der Waals surface area contributed by atoms with Gasteiger partial charge in [0.15, 0.2) is 5.01 Å². The largest absolute Gasteiger partial charge is 0.481 e. The van der Waals surface area contributed by atoms with E-state index in [9.17, 15) is 19.1 Å². The number of halogens is 2. The number of hydrogen-bond acceptors (Lipinski definition) is 5. The van der Waals surface area contributed by atoms with Crippen molar-refractivity contribution in [2.45, 2.75) is 13.3 Å². The standard InChI is InChI=1S/C16H16ClFN4O3S/c1-8-4-9(14(23)24)7-22(6-8)16(25)19-15-21-20-13(26-15)11-3-2-10(17)5-12(11)18/h2-3,5,8-9H,4,6-7H2,1H3,(H,23,24)(H,19,21,25). The molecule has 0 saturated carbocycles. The number of nitrogens with zero attached hydrogens (tertiary/aromatic N) is 3. The summed E-state index contributed by atoms with van der Waals surface area (Å²) in [5.74, 6) is -1.94. The fraction of sp³-hybridized carbons (Fsp3) is 0.375. The number of carbonyl (C=O) groups is 2. The van der Waals surface area contributed by atoms with Gasteiger partial charge in [-0.2, -0.15) is 0 Å². The highest BCUT2D eigenvalue weighted by Crippen LogP contribution is 2.30. The third-order valence-electron chi connectivity index (χ3n) is 4.10. The van der Waals surface area contributed by atoms with Gasteiger partial charge in [0.25, 0.3) is 0 Å². The van der Waals surface area contributed by atoms with Crippen LogP contribution < -0.4 is 5.32 Å². The van der Waals surface area contributed by atoms with E-state index in [1.165, 1.54) is 17.0 Å². The van der Waals surface area contributed by atoms with Crippen LogP contribution in [-0.4, -0.2) is 45.3 Å². The van der Waals surface area contributed by atoms with E-state index >= 15 is 0 Å². The molecule has 0 aliphatic carbocycles. The summed E-state index contributed by atoms with van der Waals surface area (Å²) in [5, 5.41) is 20.3. The van der Waals surface area contributed by atoms with Crippen LogP contribution >= 0.6 is 22.9 Å². The Balaban J connectivity index is 1.70. The molecule has 7 nitrogen and oxygen atoms in total. The molecule has 2 N–H and O–H groups in total. The van der Waals surface area contributed by atoms with Crippen LogP contribution in [0.25, 0.3) is 10.6 Å². The lowest BCUT2D eigenvalue weighted by Gasteiger charge is -2.34. The molecular weight excluding hydrogens is 383 g/mol. The number of hydrogen-bond donors (Lipinski definition) is 2. The number of carbonyl (C=O) groups excluding carboxylic acids is 1. The van der Waals surface area contributed by atoms with Crippen LogP contribution in [0.4, 0.5) is 14.3 Å². The molecule has 1 aliphatic heterocycles. The van der Waals surface area contributed by atoms with Crippen molar-refractivity contribution in [3.05, 3.63) is 29.0 Å². The van der Waals surface area contributed by atoms with Gasteiger partial charge in [0.1, 0.15) is 5.82 Å². The van der Waals surface area contributed by atoms with E-state index < -0.39 is 23.7 Å². The molecule has 1 saturated heterocycles. The minimum Gasteiger partial charge on any atom is -0.481 e. The second-order valence-corrected chi connectivity index (χ2v) is 7.66. The Kier molecular flexibility index (Phi) is 5.38. The summed E-state index contributed by atoms with van der Waals surface area (Å²) in [5.41, 5.74) is 0.241. The molecule has 0 bridgehead atoms. The number of likely N-dealkylation sites (tertiary alicyclic amines) is 1. The lowest BCUT2D eigenvalue weighted by Crippen LogP contribution is -2.47. The Labute approximate surface area is 157 Å². The summed E-state index contributed by atoms with van der Waals surface area (Å²) in [6, 6.07) is 3.77. The summed E-state index contributed by atoms with van der Waals surface area (Å²) >= 11 is 6.76. The number of aromatic nitrogens is 2. The number of aliphatic carboxylic acids is 1. The van der Waals surface area contributed by atoms with Crippen LogP contribution in [-0.2, 0) is 4.79 Å². The van der Waals surface area contributed by atoms with Crippen molar-refractivity contribution in [3.63, 3.8) is 0 Å². The van der Waals surface area contributed by atoms with Crippen LogP contribution in [0.3, 0.4) is 0 Å². The van der Waals surface area contributed by atoms with Crippen molar-refractivity contribution in [2.24, 2.45) is 11.8 Å². The summed E-state index contributed by atoms with van der Waals surface area (Å²) < 4.78 is 14.0. The SMILES string of the molecule is CC1CC(C(=O)O)CN(C(=O)Nc2nnc(-c3ccc(Cl)cc3F)s2)C1. The van der Waals surface area contributed by atoms with E-state index in [2.05, 4.69) is 15.5 Å². The van der Waals surface area contributed by atoms with Crippen molar-refractivity contribution < 1.29 is 19.1 Å². The Bertz CT molecular complexity index is 847. The van der Waals surface area contributed by atoms with E-state index in [4.69, 9.17) is 11.6 Å². The minimum absolute atomic E-state index is 0.0868. The second kappa shape index (κ2) is 7.55. The number of urea groups is 1. The van der Waals surface area contributed by atoms with Gasteiger partial charge in [-0.1, -0.05) is 29.9 Å². The number of nitrogens with one attached hydrogen (secondary N) is 1. The van der Waals surface area contributed by atoms with Crippen LogP contribution in [0.15, 0.2) is 18.2 Å². The fourth-order valence-corrected chi connectivity index (χ4v) is 3.83. The molecule has 0 spiro atoms. The molecule has 26 heavy (non-hydrogen) atoms. The molecule has 10 heteroatoms. The Morgan fingerprint density at radius 3 is 2.85 bits per heavy atom. The molecule has 2 amide bonds. The quantitative estimate of drug-likeness (QED) is 0.824. The Hall–Kier alpha value is -2.26. The molecule has 1 aliphatic rings. The number of amides is 2. The number of anilines is 1. The average Bonchev–Trinajstić information content (AvgIpc) is 3.02. The molecule has 138 valence electrons. The van der Waals surface area contributed by atoms with E-state index in [1.807, 2.05) is 6.92 Å². The number of carboxylic acids is 1. The first-order chi connectivity index (χ1) is 12.3. The number of benzene rings is 1. The zero-order valence-electron chi connectivity index (χ0n) is 13.8. The zero-order chi connectivity index (χ0) is 18.8. The predicted octanol–water partition coefficient (Wildman–Crippen LogP) is 3.57. The summed E-state index contributed by atoms with van der Waals surface area (Å²) in [6.07, 6.45) is 0.540. The predicted molar refractivity (Wildman–Crippen MR) is 95.8 cm³/mol. The van der Waals surface area contributed by atoms with Crippen LogP contribution in [0.5, 0.6) is 0 Å². The first kappa shape index (κ1) is 18.5. The summed E-state index contributed by atoms with van der Waals surface area (Å²) in [4.78, 5) is 25.1. The normalized spacial score (nSPS) is 20.0. The first-order valence-electron chi connectivity index (χ1n) is 7.91. The van der Waals surface area contributed by atoms with Crippen molar-refractivity contribution in [1.82, 2.24) is 15.1 Å². The van der Waals surface area contributed by atoms with Gasteiger partial charge in [-0.3, -0.25) is 10.1 Å². The van der Waals surface area contributed by atoms with E-state index in [0.29, 0.717) is 18.0 Å². The molecular formula is C16H16ClFN4O3S. The maximum atomic E-state index is 14.0. The molecule has 2 aromatic rings. The third kappa shape index (κ3) is 4.10. The van der Waals surface area contributed by atoms with Gasteiger partial charge in [-0.25, -0.2) is 9.18 Å². The highest BCUT2D eigenvalue weighted by atomic mass is 35.5. The fourth-order valence-electron chi connectivity index (χ4n) is 2.91. The van der Waals surface area contributed by atoms with Gasteiger partial charge >= 0.3 is 12.0 Å². The third-order valence-corrected chi connectivity index (χ3v) is 5.20. The molecule has 2 atom stereocenters. The van der Waals surface area contributed by atoms with Crippen LogP contribution in [0, 0.1) is 17.7 Å². The van der Waals surface area contributed by atoms with E-state index in [0.717, 1.165) is 11.3 Å². The first-order valence-corrected chi connectivity index (χ1v) is 9.10. The second-order valence-electron chi connectivity index (χ2n) is 6.25. The van der Waals surface area contributed by atoms with Gasteiger partial charge in [-0.05, 0) is 30.5 Å². The molecule has 1 fully saturated rings. The average molecular weight is 399 g/mol. The molecule has 0 radical (unpaired) electrons. The van der Waals surface area contributed by atoms with Gasteiger partial charge in [0, 0.05) is 23.7 Å². The molecule has 3 rings (SSSR count). The maximum Gasteiger partial charge on any atom is 0.323 e. The van der Waals surface area contributed by atoms with Crippen LogP contribution in [0.1, 0.15) is 13.3 Å². The topological polar surface area (TPSA) is 95.4 Å². The number of rotatable bonds is 3. The maximum absolute atomic E-state index is 14.0. The smallest absolute Gasteiger partial charge is 0.323 e. The number of carboxylic acid groups (broad SMARTS) is 1. The van der Waals surface area contributed by atoms with Gasteiger partial charge in [0.05, 0.1) is 5.92 Å². The highest BCUT2D eigenvalue weighted by molar-refractivity contribution is 7.18. The Morgan fingerprint density at radius 2 is 2.15 bits per heavy atom. The number of piperidine rings is 1. The van der Waals surface area contributed by atoms with Crippen molar-refractivity contribution >= 4 is 40.1 Å². The summed E-state index contributed by atoms with van der Waals surface area (Å²) in [7, 11) is 0. The van der Waals surface area contributed by atoms with Gasteiger partial charge in [0.2, 0.25) is 5.13 Å². The lowest BCUT2D eigenvalue weighted by molar-refractivity contribution is -0.143. The van der Waals surface area contributed by atoms with E-state index in [1.54, 1.807) is 6.07 Å². The molecule has 2 heterocycles. The molecule has 1 aromatic carbocycles. The van der Waals surface area contributed by atoms with E-state index in [-0.39, 0.29) is 28.2 Å². The van der Waals surface area contributed by atoms with Crippen molar-refractivity contribution in [1.29, 1.82) is 0 Å². The zero-order valence-corrected chi connectivity index (χ0v) is 15.4. The molecule has 1 aromatic heterocycles. The van der Waals surface area contributed by atoms with Crippen molar-refractivity contribution in [3.8, 4) is 10.6 Å². The lowest BCUT2D eigenvalue weighted by atomic mass is 9.91. The minimum atomic E-state index is -0.911. The van der Waals surface area contributed by atoms with Gasteiger partial charge in [-0.15, -0.1) is 10.2 Å². The summed E-state index contributed by atoms with van der Waals surface area (Å²) in [6.45, 7) is 2.51. The van der Waals surface area contributed by atoms with Crippen molar-refractivity contribution in [2.75, 3.05) is 18.4 Å². The molecule has 2 unspecified atom stereocenters. The van der Waals surface area contributed by atoms with Crippen LogP contribution in [0.2, 0.25) is 5.02 Å². The van der Waals surface area contributed by atoms with Gasteiger partial charge < -0.3 is 10.0 Å². The highest BCUT2D eigenvalue weighted by Gasteiger charge is 2.32. The Morgan fingerprint density at radius 1 is 1.38 bits per heavy atom. The monoisotopic (exact) mass is 398 g/mol.